The summed E-state index contributed by atoms with van der Waals surface area (Å²) in [6.45, 7) is 17.7. The molecule has 0 amide bonds. The van der Waals surface area contributed by atoms with Crippen LogP contribution in [0.15, 0.2) is 59.5 Å². The van der Waals surface area contributed by atoms with Crippen molar-refractivity contribution in [2.75, 3.05) is 13.1 Å². The van der Waals surface area contributed by atoms with Crippen LogP contribution in [0.5, 0.6) is 0 Å². The molecule has 0 radical (unpaired) electrons. The second kappa shape index (κ2) is 11.5. The maximum atomic E-state index is 4.77. The maximum Gasteiger partial charge on any atom is 0.0662 e. The van der Waals surface area contributed by atoms with Gasteiger partial charge in [-0.1, -0.05) is 56.7 Å². The van der Waals surface area contributed by atoms with Gasteiger partial charge in [-0.15, -0.1) is 0 Å². The fourth-order valence-corrected chi connectivity index (χ4v) is 2.76. The van der Waals surface area contributed by atoms with Gasteiger partial charge in [0, 0.05) is 24.5 Å². The summed E-state index contributed by atoms with van der Waals surface area (Å²) in [4.78, 5) is 2.43. The molecule has 0 bridgehead atoms. The van der Waals surface area contributed by atoms with Crippen molar-refractivity contribution in [2.24, 2.45) is 5.10 Å². The SMILES string of the molecule is C=C(C)N(Cc1ccccc1)N=C(C)/C=C(/C)N(CC)CCCCC. The summed E-state index contributed by atoms with van der Waals surface area (Å²) in [5, 5.41) is 6.75. The Balaban J connectivity index is 2.81. The van der Waals surface area contributed by atoms with Gasteiger partial charge in [-0.05, 0) is 45.8 Å². The van der Waals surface area contributed by atoms with Gasteiger partial charge in [-0.2, -0.15) is 5.10 Å². The van der Waals surface area contributed by atoms with Crippen LogP contribution in [-0.2, 0) is 6.54 Å². The van der Waals surface area contributed by atoms with Gasteiger partial charge in [-0.3, -0.25) is 5.01 Å². The first-order chi connectivity index (χ1) is 12.0. The van der Waals surface area contributed by atoms with Crippen molar-refractivity contribution in [2.45, 2.75) is 60.4 Å². The van der Waals surface area contributed by atoms with E-state index in [9.17, 15) is 0 Å². The molecule has 0 atom stereocenters. The highest BCUT2D eigenvalue weighted by atomic mass is 15.5. The Labute approximate surface area is 154 Å². The molecule has 0 saturated carbocycles. The second-order valence-electron chi connectivity index (χ2n) is 6.59. The number of nitrogens with zero attached hydrogens (tertiary/aromatic N) is 3. The molecule has 0 heterocycles. The smallest absolute Gasteiger partial charge is 0.0662 e. The molecule has 0 aliphatic rings. The van der Waals surface area contributed by atoms with Gasteiger partial charge in [0.15, 0.2) is 0 Å². The molecule has 25 heavy (non-hydrogen) atoms. The molecule has 3 heteroatoms. The van der Waals surface area contributed by atoms with Crippen LogP contribution in [0.2, 0.25) is 0 Å². The van der Waals surface area contributed by atoms with Crippen LogP contribution in [-0.4, -0.2) is 28.7 Å². The highest BCUT2D eigenvalue weighted by Crippen LogP contribution is 2.12. The van der Waals surface area contributed by atoms with E-state index in [2.05, 4.69) is 69.5 Å². The summed E-state index contributed by atoms with van der Waals surface area (Å²) in [6, 6.07) is 10.4. The van der Waals surface area contributed by atoms with Crippen molar-refractivity contribution in [3.05, 3.63) is 59.9 Å². The molecule has 0 N–H and O–H groups in total. The molecular weight excluding hydrogens is 306 g/mol. The van der Waals surface area contributed by atoms with Crippen LogP contribution in [0.3, 0.4) is 0 Å². The Morgan fingerprint density at radius 1 is 1.08 bits per heavy atom. The lowest BCUT2D eigenvalue weighted by Gasteiger charge is -2.24. The van der Waals surface area contributed by atoms with Gasteiger partial charge in [0.1, 0.15) is 0 Å². The molecular formula is C22H35N3. The van der Waals surface area contributed by atoms with Gasteiger partial charge in [0.05, 0.1) is 12.3 Å². The fraction of sp³-hybridized carbons (Fsp3) is 0.500. The van der Waals surface area contributed by atoms with E-state index in [0.717, 1.165) is 31.0 Å². The van der Waals surface area contributed by atoms with Crippen LogP contribution in [0.25, 0.3) is 0 Å². The molecule has 0 unspecified atom stereocenters. The summed E-state index contributed by atoms with van der Waals surface area (Å²) in [7, 11) is 0. The van der Waals surface area contributed by atoms with E-state index < -0.39 is 0 Å². The van der Waals surface area contributed by atoms with Crippen LogP contribution < -0.4 is 0 Å². The topological polar surface area (TPSA) is 18.8 Å². The van der Waals surface area contributed by atoms with Crippen molar-refractivity contribution in [1.82, 2.24) is 9.91 Å². The lowest BCUT2D eigenvalue weighted by Crippen LogP contribution is -2.23. The van der Waals surface area contributed by atoms with Gasteiger partial charge < -0.3 is 4.90 Å². The minimum atomic E-state index is 0.744. The highest BCUT2D eigenvalue weighted by Gasteiger charge is 2.06. The van der Waals surface area contributed by atoms with Gasteiger partial charge in [0.25, 0.3) is 0 Å². The fourth-order valence-electron chi connectivity index (χ4n) is 2.76. The number of hydrogen-bond acceptors (Lipinski definition) is 3. The van der Waals surface area contributed by atoms with Crippen molar-refractivity contribution in [3.63, 3.8) is 0 Å². The minimum Gasteiger partial charge on any atom is -0.375 e. The lowest BCUT2D eigenvalue weighted by molar-refractivity contribution is 0.351. The van der Waals surface area contributed by atoms with Crippen LogP contribution >= 0.6 is 0 Å². The zero-order chi connectivity index (χ0) is 18.7. The Morgan fingerprint density at radius 3 is 2.32 bits per heavy atom. The van der Waals surface area contributed by atoms with Crippen molar-refractivity contribution in [3.8, 4) is 0 Å². The normalized spacial score (nSPS) is 12.2. The molecule has 1 aromatic rings. The monoisotopic (exact) mass is 341 g/mol. The average molecular weight is 342 g/mol. The third kappa shape index (κ3) is 8.06. The average Bonchev–Trinajstić information content (AvgIpc) is 2.58. The standard InChI is InChI=1S/C22H35N3/c1-7-9-13-16-24(8-2)21(6)17-20(5)23-25(19(3)4)18-22-14-11-10-12-15-22/h10-12,14-15,17H,3,7-9,13,16,18H2,1-2,4-6H3/b21-17-,23-20?. The van der Waals surface area contributed by atoms with E-state index in [-0.39, 0.29) is 0 Å². The molecule has 138 valence electrons. The lowest BCUT2D eigenvalue weighted by atomic mass is 10.2. The van der Waals surface area contributed by atoms with E-state index in [4.69, 9.17) is 5.10 Å². The molecule has 1 rings (SSSR count). The zero-order valence-corrected chi connectivity index (χ0v) is 16.8. The van der Waals surface area contributed by atoms with E-state index >= 15 is 0 Å². The Morgan fingerprint density at radius 2 is 1.76 bits per heavy atom. The maximum absolute atomic E-state index is 4.77. The zero-order valence-electron chi connectivity index (χ0n) is 16.8. The number of unbranched alkanes of at least 4 members (excludes halogenated alkanes) is 2. The van der Waals surface area contributed by atoms with Crippen LogP contribution in [0.1, 0.15) is 59.4 Å². The number of rotatable bonds is 11. The highest BCUT2D eigenvalue weighted by molar-refractivity contribution is 5.93. The van der Waals surface area contributed by atoms with Crippen molar-refractivity contribution >= 4 is 5.71 Å². The minimum absolute atomic E-state index is 0.744. The Hall–Kier alpha value is -2.03. The summed E-state index contributed by atoms with van der Waals surface area (Å²) in [5.41, 5.74) is 4.47. The molecule has 1 aromatic carbocycles. The van der Waals surface area contributed by atoms with Gasteiger partial charge in [0.2, 0.25) is 0 Å². The second-order valence-corrected chi connectivity index (χ2v) is 6.59. The van der Waals surface area contributed by atoms with E-state index in [1.807, 2.05) is 18.0 Å². The predicted molar refractivity (Wildman–Crippen MR) is 110 cm³/mol. The Bertz CT molecular complexity index is 572. The van der Waals surface area contributed by atoms with E-state index in [1.54, 1.807) is 0 Å². The van der Waals surface area contributed by atoms with Gasteiger partial charge >= 0.3 is 0 Å². The predicted octanol–water partition coefficient (Wildman–Crippen LogP) is 5.81. The molecule has 0 spiro atoms. The quantitative estimate of drug-likeness (QED) is 0.287. The van der Waals surface area contributed by atoms with Crippen molar-refractivity contribution < 1.29 is 0 Å². The number of hydrazone groups is 1. The first-order valence-corrected chi connectivity index (χ1v) is 9.43. The molecule has 3 nitrogen and oxygen atoms in total. The molecule has 0 saturated heterocycles. The van der Waals surface area contributed by atoms with Gasteiger partial charge in [-0.25, -0.2) is 0 Å². The first kappa shape index (κ1) is 21.0. The first-order valence-electron chi connectivity index (χ1n) is 9.43. The van der Waals surface area contributed by atoms with E-state index in [1.165, 1.54) is 30.5 Å². The third-order valence-electron chi connectivity index (χ3n) is 4.22. The third-order valence-corrected chi connectivity index (χ3v) is 4.22. The largest absolute Gasteiger partial charge is 0.375 e. The van der Waals surface area contributed by atoms with Crippen molar-refractivity contribution in [1.29, 1.82) is 0 Å². The molecule has 0 fully saturated rings. The molecule has 0 aliphatic heterocycles. The number of benzene rings is 1. The van der Waals surface area contributed by atoms with E-state index in [0.29, 0.717) is 0 Å². The summed E-state index contributed by atoms with van der Waals surface area (Å²) >= 11 is 0. The summed E-state index contributed by atoms with van der Waals surface area (Å²) in [6.07, 6.45) is 5.97. The van der Waals surface area contributed by atoms with Crippen LogP contribution in [0.4, 0.5) is 0 Å². The molecule has 0 aliphatic carbocycles. The number of allylic oxidation sites excluding steroid dienone is 3. The number of hydrogen-bond donors (Lipinski definition) is 0. The summed E-state index contributed by atoms with van der Waals surface area (Å²) < 4.78 is 0. The van der Waals surface area contributed by atoms with Crippen LogP contribution in [0, 0.1) is 0 Å². The summed E-state index contributed by atoms with van der Waals surface area (Å²) in [5.74, 6) is 0. The Kier molecular flexibility index (Phi) is 9.68. The molecule has 0 aromatic heterocycles.